The number of amides is 1. The van der Waals surface area contributed by atoms with Crippen molar-refractivity contribution in [3.05, 3.63) is 35.4 Å². The van der Waals surface area contributed by atoms with Crippen LogP contribution in [0.3, 0.4) is 0 Å². The first-order valence-electron chi connectivity index (χ1n) is 8.49. The molecule has 0 aliphatic carbocycles. The van der Waals surface area contributed by atoms with Crippen molar-refractivity contribution in [3.63, 3.8) is 0 Å². The van der Waals surface area contributed by atoms with Gasteiger partial charge >= 0.3 is 5.97 Å². The second-order valence-electron chi connectivity index (χ2n) is 7.00. The number of nitrogens with zero attached hydrogens (tertiary/aromatic N) is 1. The van der Waals surface area contributed by atoms with Crippen molar-refractivity contribution in [3.8, 4) is 0 Å². The lowest BCUT2D eigenvalue weighted by atomic mass is 9.93. The predicted octanol–water partition coefficient (Wildman–Crippen LogP) is 3.31. The van der Waals surface area contributed by atoms with Crippen molar-refractivity contribution >= 4 is 11.9 Å². The number of rotatable bonds is 5. The van der Waals surface area contributed by atoms with Gasteiger partial charge in [0.25, 0.3) is 0 Å². The molecule has 4 heteroatoms. The highest BCUT2D eigenvalue weighted by atomic mass is 16.4. The van der Waals surface area contributed by atoms with E-state index in [1.165, 1.54) is 5.56 Å². The van der Waals surface area contributed by atoms with Crippen LogP contribution in [0.25, 0.3) is 0 Å². The summed E-state index contributed by atoms with van der Waals surface area (Å²) >= 11 is 0. The molecule has 0 bridgehead atoms. The average Bonchev–Trinajstić information content (AvgIpc) is 2.53. The van der Waals surface area contributed by atoms with E-state index in [0.717, 1.165) is 12.0 Å². The zero-order chi connectivity index (χ0) is 17.0. The Morgan fingerprint density at radius 3 is 2.17 bits per heavy atom. The highest BCUT2D eigenvalue weighted by Gasteiger charge is 2.29. The Bertz CT molecular complexity index is 542. The fraction of sp³-hybridized carbons (Fsp3) is 0.579. The molecule has 0 spiro atoms. The summed E-state index contributed by atoms with van der Waals surface area (Å²) in [6, 6.07) is 8.31. The lowest BCUT2D eigenvalue weighted by Crippen LogP contribution is -2.42. The largest absolute Gasteiger partial charge is 0.481 e. The number of carbonyl (C=O) groups excluding carboxylic acids is 1. The lowest BCUT2D eigenvalue weighted by Gasteiger charge is -2.32. The molecule has 4 nitrogen and oxygen atoms in total. The number of hydrogen-bond donors (Lipinski definition) is 1. The highest BCUT2D eigenvalue weighted by molar-refractivity contribution is 5.83. The van der Waals surface area contributed by atoms with Crippen molar-refractivity contribution in [2.75, 3.05) is 13.1 Å². The molecule has 2 rings (SSSR count). The van der Waals surface area contributed by atoms with Crippen LogP contribution in [0, 0.1) is 11.8 Å². The van der Waals surface area contributed by atoms with Crippen LogP contribution in [0.5, 0.6) is 0 Å². The van der Waals surface area contributed by atoms with Gasteiger partial charge in [-0.2, -0.15) is 0 Å². The fourth-order valence-corrected chi connectivity index (χ4v) is 3.18. The molecule has 1 amide bonds. The molecule has 0 radical (unpaired) electrons. The summed E-state index contributed by atoms with van der Waals surface area (Å²) in [5.74, 6) is -0.499. The van der Waals surface area contributed by atoms with Gasteiger partial charge in [0.15, 0.2) is 0 Å². The molecule has 23 heavy (non-hydrogen) atoms. The van der Waals surface area contributed by atoms with E-state index in [2.05, 4.69) is 26.0 Å². The Labute approximate surface area is 138 Å². The van der Waals surface area contributed by atoms with E-state index in [1.807, 2.05) is 24.0 Å². The number of benzene rings is 1. The smallest absolute Gasteiger partial charge is 0.306 e. The van der Waals surface area contributed by atoms with Gasteiger partial charge in [-0.15, -0.1) is 0 Å². The van der Waals surface area contributed by atoms with Gasteiger partial charge in [0.2, 0.25) is 5.91 Å². The molecule has 0 aromatic heterocycles. The van der Waals surface area contributed by atoms with Gasteiger partial charge in [0.1, 0.15) is 0 Å². The first-order valence-corrected chi connectivity index (χ1v) is 8.49. The Kier molecular flexibility index (Phi) is 5.80. The van der Waals surface area contributed by atoms with Crippen LogP contribution in [0.4, 0.5) is 0 Å². The molecule has 1 aliphatic rings. The molecule has 1 aliphatic heterocycles. The molecule has 1 aromatic carbocycles. The van der Waals surface area contributed by atoms with Gasteiger partial charge < -0.3 is 10.0 Å². The van der Waals surface area contributed by atoms with E-state index >= 15 is 0 Å². The number of carboxylic acids is 1. The molecule has 1 aromatic rings. The molecular weight excluding hydrogens is 290 g/mol. The van der Waals surface area contributed by atoms with Crippen LogP contribution in [0.2, 0.25) is 0 Å². The standard InChI is InChI=1S/C19H27NO3/c1-13(2)12-15-4-6-16(7-5-15)14(3)18(21)20-10-8-17(9-11-20)19(22)23/h4-7,13-14,17H,8-12H2,1-3H3,(H,22,23)/t14-/m0/s1. The second-order valence-corrected chi connectivity index (χ2v) is 7.00. The number of aliphatic carboxylic acids is 1. The van der Waals surface area contributed by atoms with Crippen LogP contribution in [-0.2, 0) is 16.0 Å². The quantitative estimate of drug-likeness (QED) is 0.906. The van der Waals surface area contributed by atoms with E-state index in [1.54, 1.807) is 0 Å². The van der Waals surface area contributed by atoms with Crippen molar-refractivity contribution in [2.24, 2.45) is 11.8 Å². The summed E-state index contributed by atoms with van der Waals surface area (Å²) in [4.78, 5) is 25.4. The minimum atomic E-state index is -0.745. The van der Waals surface area contributed by atoms with E-state index in [-0.39, 0.29) is 17.7 Å². The van der Waals surface area contributed by atoms with Gasteiger partial charge in [-0.1, -0.05) is 38.1 Å². The normalized spacial score (nSPS) is 17.3. The minimum Gasteiger partial charge on any atom is -0.481 e. The molecule has 1 atom stereocenters. The molecule has 0 saturated carbocycles. The Morgan fingerprint density at radius 1 is 1.13 bits per heavy atom. The molecular formula is C19H27NO3. The first-order chi connectivity index (χ1) is 10.9. The van der Waals surface area contributed by atoms with Crippen molar-refractivity contribution < 1.29 is 14.7 Å². The maximum Gasteiger partial charge on any atom is 0.306 e. The summed E-state index contributed by atoms with van der Waals surface area (Å²) in [6.45, 7) is 7.42. The average molecular weight is 317 g/mol. The SMILES string of the molecule is CC(C)Cc1ccc([C@H](C)C(=O)N2CCC(C(=O)O)CC2)cc1. The lowest BCUT2D eigenvalue weighted by molar-refractivity contribution is -0.146. The molecule has 0 unspecified atom stereocenters. The second kappa shape index (κ2) is 7.62. The third-order valence-electron chi connectivity index (χ3n) is 4.65. The molecule has 1 saturated heterocycles. The number of carbonyl (C=O) groups is 2. The summed E-state index contributed by atoms with van der Waals surface area (Å²) in [6.07, 6.45) is 2.16. The van der Waals surface area contributed by atoms with Crippen molar-refractivity contribution in [1.29, 1.82) is 0 Å². The van der Waals surface area contributed by atoms with Crippen LogP contribution in [-0.4, -0.2) is 35.0 Å². The number of likely N-dealkylation sites (tertiary alicyclic amines) is 1. The molecule has 126 valence electrons. The summed E-state index contributed by atoms with van der Waals surface area (Å²) in [7, 11) is 0. The zero-order valence-corrected chi connectivity index (χ0v) is 14.3. The summed E-state index contributed by atoms with van der Waals surface area (Å²) < 4.78 is 0. The van der Waals surface area contributed by atoms with Crippen molar-refractivity contribution in [2.45, 2.75) is 46.0 Å². The van der Waals surface area contributed by atoms with Gasteiger partial charge in [-0.05, 0) is 43.2 Å². The first kappa shape index (κ1) is 17.5. The van der Waals surface area contributed by atoms with Crippen LogP contribution >= 0.6 is 0 Å². The topological polar surface area (TPSA) is 57.6 Å². The molecule has 1 fully saturated rings. The maximum atomic E-state index is 12.6. The minimum absolute atomic E-state index is 0.102. The Balaban J connectivity index is 1.96. The van der Waals surface area contributed by atoms with E-state index in [0.29, 0.717) is 31.8 Å². The number of carboxylic acid groups (broad SMARTS) is 1. The van der Waals surface area contributed by atoms with Gasteiger partial charge in [0, 0.05) is 13.1 Å². The third-order valence-corrected chi connectivity index (χ3v) is 4.65. The summed E-state index contributed by atoms with van der Waals surface area (Å²) in [5, 5.41) is 9.04. The van der Waals surface area contributed by atoms with Crippen molar-refractivity contribution in [1.82, 2.24) is 4.90 Å². The summed E-state index contributed by atoms with van der Waals surface area (Å²) in [5.41, 5.74) is 2.33. The Hall–Kier alpha value is -1.84. The number of hydrogen-bond acceptors (Lipinski definition) is 2. The monoisotopic (exact) mass is 317 g/mol. The highest BCUT2D eigenvalue weighted by Crippen LogP contribution is 2.24. The fourth-order valence-electron chi connectivity index (χ4n) is 3.18. The zero-order valence-electron chi connectivity index (χ0n) is 14.3. The predicted molar refractivity (Wildman–Crippen MR) is 90.3 cm³/mol. The van der Waals surface area contributed by atoms with Gasteiger partial charge in [-0.3, -0.25) is 9.59 Å². The van der Waals surface area contributed by atoms with Gasteiger partial charge in [0.05, 0.1) is 11.8 Å². The maximum absolute atomic E-state index is 12.6. The van der Waals surface area contributed by atoms with E-state index < -0.39 is 5.97 Å². The van der Waals surface area contributed by atoms with Crippen LogP contribution in [0.15, 0.2) is 24.3 Å². The molecule has 1 heterocycles. The van der Waals surface area contributed by atoms with Crippen LogP contribution < -0.4 is 0 Å². The van der Waals surface area contributed by atoms with Crippen LogP contribution in [0.1, 0.15) is 50.7 Å². The van der Waals surface area contributed by atoms with E-state index in [4.69, 9.17) is 5.11 Å². The Morgan fingerprint density at radius 2 is 1.70 bits per heavy atom. The molecule has 1 N–H and O–H groups in total. The van der Waals surface area contributed by atoms with Gasteiger partial charge in [-0.25, -0.2) is 0 Å². The van der Waals surface area contributed by atoms with E-state index in [9.17, 15) is 9.59 Å². The number of piperidine rings is 1. The third kappa shape index (κ3) is 4.57.